The molecular weight excluding hydrogens is 196 g/mol. The SMILES string of the molecule is CCCNCc1nnc(N(C)CCO)o1. The molecule has 0 amide bonds. The van der Waals surface area contributed by atoms with E-state index in [9.17, 15) is 0 Å². The largest absolute Gasteiger partial charge is 0.407 e. The summed E-state index contributed by atoms with van der Waals surface area (Å²) in [5.74, 6) is 0.572. The van der Waals surface area contributed by atoms with Crippen LogP contribution in [0.1, 0.15) is 19.2 Å². The zero-order valence-corrected chi connectivity index (χ0v) is 9.23. The number of hydrogen-bond acceptors (Lipinski definition) is 6. The van der Waals surface area contributed by atoms with Gasteiger partial charge in [-0.25, -0.2) is 0 Å². The molecule has 0 fully saturated rings. The Hall–Kier alpha value is -1.14. The lowest BCUT2D eigenvalue weighted by atomic mass is 10.5. The molecule has 86 valence electrons. The second-order valence-electron chi connectivity index (χ2n) is 3.30. The van der Waals surface area contributed by atoms with Gasteiger partial charge in [-0.15, -0.1) is 5.10 Å². The minimum atomic E-state index is 0.0717. The van der Waals surface area contributed by atoms with Gasteiger partial charge in [0.2, 0.25) is 5.89 Å². The summed E-state index contributed by atoms with van der Waals surface area (Å²) in [7, 11) is 1.80. The summed E-state index contributed by atoms with van der Waals surface area (Å²) in [6.07, 6.45) is 1.07. The van der Waals surface area contributed by atoms with Crippen molar-refractivity contribution in [2.24, 2.45) is 0 Å². The van der Waals surface area contributed by atoms with Crippen molar-refractivity contribution in [3.05, 3.63) is 5.89 Å². The highest BCUT2D eigenvalue weighted by molar-refractivity contribution is 5.21. The lowest BCUT2D eigenvalue weighted by Gasteiger charge is -2.10. The summed E-state index contributed by atoms with van der Waals surface area (Å²) in [4.78, 5) is 1.72. The number of likely N-dealkylation sites (N-methyl/N-ethyl adjacent to an activating group) is 1. The van der Waals surface area contributed by atoms with E-state index >= 15 is 0 Å². The molecule has 0 aliphatic heterocycles. The first kappa shape index (κ1) is 11.9. The Balaban J connectivity index is 2.41. The molecule has 0 atom stereocenters. The van der Waals surface area contributed by atoms with Crippen molar-refractivity contribution in [2.75, 3.05) is 31.6 Å². The Morgan fingerprint density at radius 3 is 2.93 bits per heavy atom. The Bertz CT molecular complexity index is 277. The van der Waals surface area contributed by atoms with Crippen LogP contribution in [0.4, 0.5) is 6.01 Å². The standard InChI is InChI=1S/C9H18N4O2/c1-3-4-10-7-8-11-12-9(15-8)13(2)5-6-14/h10,14H,3-7H2,1-2H3. The quantitative estimate of drug-likeness (QED) is 0.622. The van der Waals surface area contributed by atoms with Crippen molar-refractivity contribution in [1.29, 1.82) is 0 Å². The molecule has 1 aromatic rings. The van der Waals surface area contributed by atoms with Crippen LogP contribution < -0.4 is 10.2 Å². The number of aliphatic hydroxyl groups is 1. The average Bonchev–Trinajstić information content (AvgIpc) is 2.67. The zero-order chi connectivity index (χ0) is 11.1. The Morgan fingerprint density at radius 1 is 1.47 bits per heavy atom. The molecule has 6 heteroatoms. The van der Waals surface area contributed by atoms with Gasteiger partial charge in [0.15, 0.2) is 0 Å². The number of anilines is 1. The topological polar surface area (TPSA) is 74.4 Å². The molecule has 0 radical (unpaired) electrons. The average molecular weight is 214 g/mol. The summed E-state index contributed by atoms with van der Waals surface area (Å²) in [5, 5.41) is 19.7. The minimum absolute atomic E-state index is 0.0717. The number of rotatable bonds is 7. The highest BCUT2D eigenvalue weighted by Crippen LogP contribution is 2.09. The lowest BCUT2D eigenvalue weighted by Crippen LogP contribution is -2.21. The fraction of sp³-hybridized carbons (Fsp3) is 0.778. The van der Waals surface area contributed by atoms with Crippen molar-refractivity contribution in [3.63, 3.8) is 0 Å². The van der Waals surface area contributed by atoms with Crippen LogP contribution in [0.3, 0.4) is 0 Å². The first-order valence-electron chi connectivity index (χ1n) is 5.13. The van der Waals surface area contributed by atoms with E-state index in [0.717, 1.165) is 13.0 Å². The van der Waals surface area contributed by atoms with Crippen LogP contribution in [0.25, 0.3) is 0 Å². The van der Waals surface area contributed by atoms with Crippen LogP contribution >= 0.6 is 0 Å². The Kier molecular flexibility index (Phi) is 5.06. The molecule has 1 rings (SSSR count). The third-order valence-corrected chi connectivity index (χ3v) is 1.92. The van der Waals surface area contributed by atoms with E-state index in [0.29, 0.717) is 25.0 Å². The van der Waals surface area contributed by atoms with Gasteiger partial charge in [0, 0.05) is 13.6 Å². The molecule has 0 aliphatic rings. The van der Waals surface area contributed by atoms with E-state index in [1.807, 2.05) is 0 Å². The maximum atomic E-state index is 8.73. The smallest absolute Gasteiger partial charge is 0.318 e. The number of nitrogens with one attached hydrogen (secondary N) is 1. The van der Waals surface area contributed by atoms with E-state index in [2.05, 4.69) is 22.4 Å². The predicted octanol–water partition coefficient (Wildman–Crippen LogP) is -0.00230. The van der Waals surface area contributed by atoms with Crippen LogP contribution in [0, 0.1) is 0 Å². The summed E-state index contributed by atoms with van der Waals surface area (Å²) >= 11 is 0. The molecule has 0 aromatic carbocycles. The molecule has 1 aromatic heterocycles. The van der Waals surface area contributed by atoms with E-state index < -0.39 is 0 Å². The maximum absolute atomic E-state index is 8.73. The maximum Gasteiger partial charge on any atom is 0.318 e. The van der Waals surface area contributed by atoms with Crippen LogP contribution in [-0.2, 0) is 6.54 Å². The van der Waals surface area contributed by atoms with Gasteiger partial charge in [-0.1, -0.05) is 12.0 Å². The van der Waals surface area contributed by atoms with Crippen molar-refractivity contribution in [3.8, 4) is 0 Å². The molecule has 6 nitrogen and oxygen atoms in total. The van der Waals surface area contributed by atoms with E-state index in [-0.39, 0.29) is 6.61 Å². The van der Waals surface area contributed by atoms with Gasteiger partial charge >= 0.3 is 6.01 Å². The molecular formula is C9H18N4O2. The normalized spacial score (nSPS) is 10.6. The second-order valence-corrected chi connectivity index (χ2v) is 3.30. The predicted molar refractivity (Wildman–Crippen MR) is 56.7 cm³/mol. The van der Waals surface area contributed by atoms with Gasteiger partial charge in [-0.05, 0) is 13.0 Å². The number of aliphatic hydroxyl groups excluding tert-OH is 1. The second kappa shape index (κ2) is 6.36. The zero-order valence-electron chi connectivity index (χ0n) is 9.23. The number of hydrogen-bond donors (Lipinski definition) is 2. The van der Waals surface area contributed by atoms with Crippen LogP contribution in [0.5, 0.6) is 0 Å². The Labute approximate surface area is 89.3 Å². The van der Waals surface area contributed by atoms with Crippen molar-refractivity contribution in [1.82, 2.24) is 15.5 Å². The number of nitrogens with zero attached hydrogens (tertiary/aromatic N) is 3. The first-order valence-corrected chi connectivity index (χ1v) is 5.13. The van der Waals surface area contributed by atoms with Gasteiger partial charge in [0.25, 0.3) is 0 Å². The van der Waals surface area contributed by atoms with Gasteiger partial charge in [0.1, 0.15) is 0 Å². The highest BCUT2D eigenvalue weighted by Gasteiger charge is 2.09. The van der Waals surface area contributed by atoms with Gasteiger partial charge in [-0.2, -0.15) is 0 Å². The molecule has 0 bridgehead atoms. The van der Waals surface area contributed by atoms with Gasteiger partial charge in [0.05, 0.1) is 13.2 Å². The molecule has 0 saturated heterocycles. The number of aromatic nitrogens is 2. The summed E-state index contributed by atoms with van der Waals surface area (Å²) < 4.78 is 5.37. The minimum Gasteiger partial charge on any atom is -0.407 e. The third kappa shape index (κ3) is 3.85. The Morgan fingerprint density at radius 2 is 2.27 bits per heavy atom. The lowest BCUT2D eigenvalue weighted by molar-refractivity contribution is 0.301. The van der Waals surface area contributed by atoms with Crippen LogP contribution in [0.15, 0.2) is 4.42 Å². The van der Waals surface area contributed by atoms with E-state index in [1.165, 1.54) is 0 Å². The van der Waals surface area contributed by atoms with Crippen molar-refractivity contribution in [2.45, 2.75) is 19.9 Å². The van der Waals surface area contributed by atoms with Gasteiger partial charge in [-0.3, -0.25) is 0 Å². The summed E-state index contributed by atoms with van der Waals surface area (Å²) in [5.41, 5.74) is 0. The molecule has 0 unspecified atom stereocenters. The van der Waals surface area contributed by atoms with Crippen LogP contribution in [0.2, 0.25) is 0 Å². The van der Waals surface area contributed by atoms with E-state index in [4.69, 9.17) is 9.52 Å². The van der Waals surface area contributed by atoms with Crippen LogP contribution in [-0.4, -0.2) is 42.0 Å². The molecule has 1 heterocycles. The fourth-order valence-electron chi connectivity index (χ4n) is 1.09. The summed E-state index contributed by atoms with van der Waals surface area (Å²) in [6, 6.07) is 0.442. The van der Waals surface area contributed by atoms with Gasteiger partial charge < -0.3 is 19.7 Å². The molecule has 0 aliphatic carbocycles. The van der Waals surface area contributed by atoms with Crippen molar-refractivity contribution < 1.29 is 9.52 Å². The van der Waals surface area contributed by atoms with E-state index in [1.54, 1.807) is 11.9 Å². The molecule has 2 N–H and O–H groups in total. The highest BCUT2D eigenvalue weighted by atomic mass is 16.4. The third-order valence-electron chi connectivity index (χ3n) is 1.92. The first-order chi connectivity index (χ1) is 7.27. The van der Waals surface area contributed by atoms with Crippen molar-refractivity contribution >= 4 is 6.01 Å². The fourth-order valence-corrected chi connectivity index (χ4v) is 1.09. The molecule has 0 saturated carbocycles. The molecule has 0 spiro atoms. The monoisotopic (exact) mass is 214 g/mol. The summed E-state index contributed by atoms with van der Waals surface area (Å²) in [6.45, 7) is 4.19. The molecule has 15 heavy (non-hydrogen) atoms.